The first-order valence-corrected chi connectivity index (χ1v) is 8.31. The molecule has 1 fully saturated rings. The van der Waals surface area contributed by atoms with E-state index in [9.17, 15) is 19.5 Å². The molecule has 2 rings (SSSR count). The molecule has 2 amide bonds. The van der Waals surface area contributed by atoms with Gasteiger partial charge >= 0.3 is 5.97 Å². The van der Waals surface area contributed by atoms with Crippen molar-refractivity contribution >= 4 is 17.8 Å². The molecule has 2 unspecified atom stereocenters. The number of aliphatic carboxylic acids is 1. The van der Waals surface area contributed by atoms with Crippen molar-refractivity contribution in [2.24, 2.45) is 5.92 Å². The molecule has 6 nitrogen and oxygen atoms in total. The molecule has 0 bridgehead atoms. The van der Waals surface area contributed by atoms with E-state index in [4.69, 9.17) is 0 Å². The van der Waals surface area contributed by atoms with Crippen LogP contribution in [0.15, 0.2) is 30.3 Å². The molecule has 0 aliphatic heterocycles. The molecule has 130 valence electrons. The van der Waals surface area contributed by atoms with Crippen LogP contribution in [0.4, 0.5) is 0 Å². The number of carboxylic acids is 1. The molecule has 24 heavy (non-hydrogen) atoms. The van der Waals surface area contributed by atoms with Crippen molar-refractivity contribution in [1.29, 1.82) is 0 Å². The third-order valence-corrected chi connectivity index (χ3v) is 4.49. The second kappa shape index (κ2) is 8.47. The normalized spacial score (nSPS) is 17.0. The van der Waals surface area contributed by atoms with Crippen molar-refractivity contribution in [3.8, 4) is 0 Å². The first-order valence-electron chi connectivity index (χ1n) is 8.31. The highest BCUT2D eigenvalue weighted by molar-refractivity contribution is 5.87. The van der Waals surface area contributed by atoms with Gasteiger partial charge < -0.3 is 15.7 Å². The van der Waals surface area contributed by atoms with Crippen LogP contribution in [0, 0.1) is 5.92 Å². The number of carboxylic acid groups (broad SMARTS) is 1. The summed E-state index contributed by atoms with van der Waals surface area (Å²) in [5, 5.41) is 14.8. The van der Waals surface area contributed by atoms with E-state index in [2.05, 4.69) is 10.6 Å². The van der Waals surface area contributed by atoms with Crippen LogP contribution in [-0.2, 0) is 14.4 Å². The maximum absolute atomic E-state index is 12.5. The van der Waals surface area contributed by atoms with Gasteiger partial charge in [0.2, 0.25) is 11.8 Å². The molecule has 1 aromatic carbocycles. The van der Waals surface area contributed by atoms with Gasteiger partial charge in [0.25, 0.3) is 0 Å². The Balaban J connectivity index is 2.02. The number of amides is 2. The molecular weight excluding hydrogens is 308 g/mol. The van der Waals surface area contributed by atoms with Crippen LogP contribution in [0.1, 0.15) is 44.1 Å². The van der Waals surface area contributed by atoms with Crippen LogP contribution >= 0.6 is 0 Å². The number of benzene rings is 1. The number of carbonyl (C=O) groups is 3. The number of hydrogen-bond donors (Lipinski definition) is 3. The zero-order chi connectivity index (χ0) is 17.5. The number of nitrogens with one attached hydrogen (secondary N) is 2. The van der Waals surface area contributed by atoms with Gasteiger partial charge in [-0.05, 0) is 24.3 Å². The Kier molecular flexibility index (Phi) is 6.35. The predicted molar refractivity (Wildman–Crippen MR) is 89.4 cm³/mol. The average molecular weight is 332 g/mol. The van der Waals surface area contributed by atoms with Gasteiger partial charge in [-0.25, -0.2) is 0 Å². The molecule has 0 aromatic heterocycles. The van der Waals surface area contributed by atoms with E-state index in [0.29, 0.717) is 5.56 Å². The third-order valence-electron chi connectivity index (χ3n) is 4.49. The SMILES string of the molecule is CC(=O)NC(C(=O)NCC(C(=O)O)c1ccccc1)C1CCCC1. The van der Waals surface area contributed by atoms with E-state index in [1.807, 2.05) is 6.07 Å². The van der Waals surface area contributed by atoms with Crippen LogP contribution in [0.2, 0.25) is 0 Å². The molecule has 0 spiro atoms. The van der Waals surface area contributed by atoms with Crippen molar-refractivity contribution in [2.45, 2.75) is 44.6 Å². The molecule has 0 saturated heterocycles. The number of rotatable bonds is 7. The van der Waals surface area contributed by atoms with Crippen LogP contribution in [-0.4, -0.2) is 35.5 Å². The van der Waals surface area contributed by atoms with Crippen molar-refractivity contribution in [2.75, 3.05) is 6.54 Å². The van der Waals surface area contributed by atoms with Crippen molar-refractivity contribution < 1.29 is 19.5 Å². The monoisotopic (exact) mass is 332 g/mol. The minimum atomic E-state index is -0.988. The van der Waals surface area contributed by atoms with Gasteiger partial charge in [0, 0.05) is 13.5 Å². The first-order chi connectivity index (χ1) is 11.5. The molecule has 1 saturated carbocycles. The zero-order valence-electron chi connectivity index (χ0n) is 13.8. The van der Waals surface area contributed by atoms with E-state index in [1.54, 1.807) is 24.3 Å². The summed E-state index contributed by atoms with van der Waals surface area (Å²) in [6.07, 6.45) is 3.91. The summed E-state index contributed by atoms with van der Waals surface area (Å²) in [7, 11) is 0. The quantitative estimate of drug-likeness (QED) is 0.708. The minimum Gasteiger partial charge on any atom is -0.481 e. The van der Waals surface area contributed by atoms with Crippen LogP contribution < -0.4 is 10.6 Å². The molecule has 6 heteroatoms. The van der Waals surface area contributed by atoms with Gasteiger partial charge in [0.1, 0.15) is 6.04 Å². The van der Waals surface area contributed by atoms with Crippen molar-refractivity contribution in [3.63, 3.8) is 0 Å². The van der Waals surface area contributed by atoms with Crippen LogP contribution in [0.25, 0.3) is 0 Å². The number of carbonyl (C=O) groups excluding carboxylic acids is 2. The maximum atomic E-state index is 12.5. The van der Waals surface area contributed by atoms with E-state index >= 15 is 0 Å². The third kappa shape index (κ3) is 4.81. The smallest absolute Gasteiger partial charge is 0.312 e. The second-order valence-electron chi connectivity index (χ2n) is 6.27. The second-order valence-corrected chi connectivity index (χ2v) is 6.27. The summed E-state index contributed by atoms with van der Waals surface area (Å²) >= 11 is 0. The zero-order valence-corrected chi connectivity index (χ0v) is 13.8. The number of hydrogen-bond acceptors (Lipinski definition) is 3. The van der Waals surface area contributed by atoms with Crippen LogP contribution in [0.5, 0.6) is 0 Å². The van der Waals surface area contributed by atoms with Gasteiger partial charge in [0.15, 0.2) is 0 Å². The molecule has 1 aliphatic rings. The highest BCUT2D eigenvalue weighted by Gasteiger charge is 2.32. The van der Waals surface area contributed by atoms with Gasteiger partial charge in [-0.15, -0.1) is 0 Å². The lowest BCUT2D eigenvalue weighted by Gasteiger charge is -2.24. The Morgan fingerprint density at radius 3 is 2.33 bits per heavy atom. The fourth-order valence-electron chi connectivity index (χ4n) is 3.25. The summed E-state index contributed by atoms with van der Waals surface area (Å²) in [6, 6.07) is 8.22. The molecule has 1 aromatic rings. The Bertz CT molecular complexity index is 582. The molecule has 3 N–H and O–H groups in total. The fourth-order valence-corrected chi connectivity index (χ4v) is 3.25. The van der Waals surface area contributed by atoms with E-state index in [-0.39, 0.29) is 24.3 Å². The predicted octanol–water partition coefficient (Wildman–Crippen LogP) is 1.67. The summed E-state index contributed by atoms with van der Waals surface area (Å²) in [5.41, 5.74) is 0.641. The Hall–Kier alpha value is -2.37. The van der Waals surface area contributed by atoms with E-state index < -0.39 is 17.9 Å². The van der Waals surface area contributed by atoms with E-state index in [1.165, 1.54) is 6.92 Å². The molecule has 1 aliphatic carbocycles. The minimum absolute atomic E-state index is 0.000977. The maximum Gasteiger partial charge on any atom is 0.312 e. The topological polar surface area (TPSA) is 95.5 Å². The Morgan fingerprint density at radius 2 is 1.79 bits per heavy atom. The summed E-state index contributed by atoms with van der Waals surface area (Å²) in [4.78, 5) is 35.4. The molecular formula is C18H24N2O4. The molecule has 0 radical (unpaired) electrons. The summed E-state index contributed by atoms with van der Waals surface area (Å²) in [6.45, 7) is 1.39. The lowest BCUT2D eigenvalue weighted by Crippen LogP contribution is -2.50. The largest absolute Gasteiger partial charge is 0.481 e. The lowest BCUT2D eigenvalue weighted by atomic mass is 9.96. The highest BCUT2D eigenvalue weighted by atomic mass is 16.4. The lowest BCUT2D eigenvalue weighted by molar-refractivity contribution is -0.139. The Labute approximate surface area is 141 Å². The van der Waals surface area contributed by atoms with Gasteiger partial charge in [-0.3, -0.25) is 14.4 Å². The highest BCUT2D eigenvalue weighted by Crippen LogP contribution is 2.28. The first kappa shape index (κ1) is 18.0. The van der Waals surface area contributed by atoms with Crippen LogP contribution in [0.3, 0.4) is 0 Å². The molecule has 2 atom stereocenters. The Morgan fingerprint density at radius 1 is 1.17 bits per heavy atom. The average Bonchev–Trinajstić information content (AvgIpc) is 3.07. The van der Waals surface area contributed by atoms with Gasteiger partial charge in [0.05, 0.1) is 5.92 Å². The van der Waals surface area contributed by atoms with Gasteiger partial charge in [-0.2, -0.15) is 0 Å². The van der Waals surface area contributed by atoms with Crippen molar-refractivity contribution in [1.82, 2.24) is 10.6 Å². The van der Waals surface area contributed by atoms with E-state index in [0.717, 1.165) is 25.7 Å². The standard InChI is InChI=1S/C18H24N2O4/c1-12(21)20-16(14-9-5-6-10-14)17(22)19-11-15(18(23)24)13-7-3-2-4-8-13/h2-4,7-8,14-16H,5-6,9-11H2,1H3,(H,19,22)(H,20,21)(H,23,24). The van der Waals surface area contributed by atoms with Crippen molar-refractivity contribution in [3.05, 3.63) is 35.9 Å². The van der Waals surface area contributed by atoms with Gasteiger partial charge in [-0.1, -0.05) is 43.2 Å². The summed E-state index contributed by atoms with van der Waals surface area (Å²) < 4.78 is 0. The molecule has 0 heterocycles. The summed E-state index contributed by atoms with van der Waals surface area (Å²) in [5.74, 6) is -2.23. The fraction of sp³-hybridized carbons (Fsp3) is 0.500.